The molecule has 2 aromatic rings. The molecule has 0 bridgehead atoms. The molecule has 10 heteroatoms. The van der Waals surface area contributed by atoms with Crippen LogP contribution >= 0.6 is 11.6 Å². The number of aryl methyl sites for hydroxylation is 2. The number of aromatic nitrogens is 2. The van der Waals surface area contributed by atoms with Gasteiger partial charge in [0, 0.05) is 19.2 Å². The summed E-state index contributed by atoms with van der Waals surface area (Å²) in [6, 6.07) is 0. The summed E-state index contributed by atoms with van der Waals surface area (Å²) in [4.78, 5) is 12.3. The van der Waals surface area contributed by atoms with E-state index in [2.05, 4.69) is 10.4 Å². The summed E-state index contributed by atoms with van der Waals surface area (Å²) in [7, 11) is 1.47. The van der Waals surface area contributed by atoms with Crippen molar-refractivity contribution >= 4 is 17.5 Å². The van der Waals surface area contributed by atoms with Crippen molar-refractivity contribution in [3.05, 3.63) is 45.2 Å². The van der Waals surface area contributed by atoms with Gasteiger partial charge in [-0.1, -0.05) is 39.3 Å². The van der Waals surface area contributed by atoms with Crippen LogP contribution < -0.4 is 10.1 Å². The van der Waals surface area contributed by atoms with Crippen molar-refractivity contribution in [1.82, 2.24) is 15.1 Å². The third-order valence-electron chi connectivity index (χ3n) is 3.99. The summed E-state index contributed by atoms with van der Waals surface area (Å²) in [6.45, 7) is 6.02. The van der Waals surface area contributed by atoms with E-state index in [1.54, 1.807) is 27.7 Å². The maximum Gasteiger partial charge on any atom is 0.271 e. The second kappa shape index (κ2) is 8.61. The van der Waals surface area contributed by atoms with Crippen LogP contribution in [0.5, 0.6) is 5.75 Å². The predicted octanol–water partition coefficient (Wildman–Crippen LogP) is 4.55. The van der Waals surface area contributed by atoms with Gasteiger partial charge in [-0.3, -0.25) is 9.48 Å². The molecule has 29 heavy (non-hydrogen) atoms. The summed E-state index contributed by atoms with van der Waals surface area (Å²) in [5.41, 5.74) is -1.02. The maximum atomic E-state index is 14.3. The number of ether oxygens (including phenoxy) is 1. The molecule has 1 amide bonds. The summed E-state index contributed by atoms with van der Waals surface area (Å²) in [5.74, 6) is -8.53. The first kappa shape index (κ1) is 23.0. The fourth-order valence-electron chi connectivity index (χ4n) is 2.51. The van der Waals surface area contributed by atoms with Crippen molar-refractivity contribution in [3.63, 3.8) is 0 Å². The molecule has 1 N–H and O–H groups in total. The molecule has 0 saturated heterocycles. The number of hydrogen-bond donors (Lipinski definition) is 1. The van der Waals surface area contributed by atoms with Gasteiger partial charge in [-0.05, 0) is 11.8 Å². The number of carbonyl (C=O) groups excluding carboxylic acids is 1. The normalized spacial score (nSPS) is 11.7. The van der Waals surface area contributed by atoms with E-state index >= 15 is 0 Å². The Morgan fingerprint density at radius 1 is 1.14 bits per heavy atom. The lowest BCUT2D eigenvalue weighted by molar-refractivity contribution is 0.0940. The van der Waals surface area contributed by atoms with E-state index in [-0.39, 0.29) is 17.3 Å². The molecule has 1 aromatic carbocycles. The van der Waals surface area contributed by atoms with Gasteiger partial charge in [-0.25, -0.2) is 8.78 Å². The first-order valence-corrected chi connectivity index (χ1v) is 9.24. The Morgan fingerprint density at radius 2 is 1.69 bits per heavy atom. The second-order valence-electron chi connectivity index (χ2n) is 7.68. The van der Waals surface area contributed by atoms with Crippen molar-refractivity contribution in [3.8, 4) is 5.75 Å². The minimum atomic E-state index is -1.66. The highest BCUT2D eigenvalue weighted by Crippen LogP contribution is 2.31. The van der Waals surface area contributed by atoms with Gasteiger partial charge in [0.05, 0.1) is 17.3 Å². The van der Waals surface area contributed by atoms with E-state index in [4.69, 9.17) is 16.3 Å². The van der Waals surface area contributed by atoms with E-state index in [1.165, 1.54) is 11.7 Å². The quantitative estimate of drug-likeness (QED) is 0.535. The van der Waals surface area contributed by atoms with Gasteiger partial charge in [0.1, 0.15) is 5.69 Å². The van der Waals surface area contributed by atoms with Crippen LogP contribution in [0.3, 0.4) is 0 Å². The van der Waals surface area contributed by atoms with Crippen LogP contribution in [0.15, 0.2) is 0 Å². The zero-order valence-corrected chi connectivity index (χ0v) is 17.5. The zero-order valence-electron chi connectivity index (χ0n) is 16.7. The maximum absolute atomic E-state index is 14.3. The van der Waals surface area contributed by atoms with Crippen LogP contribution in [0.4, 0.5) is 17.6 Å². The van der Waals surface area contributed by atoms with Crippen LogP contribution in [0.2, 0.25) is 5.02 Å². The van der Waals surface area contributed by atoms with E-state index < -0.39 is 52.4 Å². The van der Waals surface area contributed by atoms with Gasteiger partial charge in [0.2, 0.25) is 11.6 Å². The molecule has 0 unspecified atom stereocenters. The van der Waals surface area contributed by atoms with Crippen molar-refractivity contribution in [2.45, 2.75) is 40.7 Å². The smallest absolute Gasteiger partial charge is 0.271 e. The number of benzene rings is 1. The minimum absolute atomic E-state index is 0.0320. The monoisotopic (exact) mass is 435 g/mol. The van der Waals surface area contributed by atoms with E-state index in [1.807, 2.05) is 0 Å². The standard InChI is InChI=1S/C19H22ClF4N3O2/c1-6-10-11(20)16(27(5)26-10)18(28)25-7-9-12(21)14(23)17(15(24)13(9)22)29-8-19(2,3)4/h6-8H2,1-5H3,(H,25,28). The number of carbonyl (C=O) groups is 1. The third kappa shape index (κ3) is 4.83. The number of nitrogens with zero attached hydrogens (tertiary/aromatic N) is 2. The van der Waals surface area contributed by atoms with Crippen molar-refractivity contribution < 1.29 is 27.1 Å². The molecule has 0 saturated carbocycles. The number of halogens is 5. The van der Waals surface area contributed by atoms with Gasteiger partial charge < -0.3 is 10.1 Å². The topological polar surface area (TPSA) is 56.2 Å². The molecule has 1 aromatic heterocycles. The minimum Gasteiger partial charge on any atom is -0.487 e. The van der Waals surface area contributed by atoms with E-state index in [0.717, 1.165) is 0 Å². The first-order valence-electron chi connectivity index (χ1n) is 8.86. The zero-order chi connectivity index (χ0) is 22.1. The molecule has 0 atom stereocenters. The number of rotatable bonds is 6. The van der Waals surface area contributed by atoms with Crippen molar-refractivity contribution in [1.29, 1.82) is 0 Å². The molecule has 0 aliphatic carbocycles. The number of nitrogens with one attached hydrogen (secondary N) is 1. The first-order chi connectivity index (χ1) is 13.4. The lowest BCUT2D eigenvalue weighted by atomic mass is 9.99. The predicted molar refractivity (Wildman–Crippen MR) is 100.0 cm³/mol. The summed E-state index contributed by atoms with van der Waals surface area (Å²) in [6.07, 6.45) is 0.468. The van der Waals surface area contributed by atoms with Crippen LogP contribution in [0.25, 0.3) is 0 Å². The fraction of sp³-hybridized carbons (Fsp3) is 0.474. The molecule has 5 nitrogen and oxygen atoms in total. The third-order valence-corrected chi connectivity index (χ3v) is 4.39. The van der Waals surface area contributed by atoms with Gasteiger partial charge >= 0.3 is 0 Å². The highest BCUT2D eigenvalue weighted by Gasteiger charge is 2.28. The fourth-order valence-corrected chi connectivity index (χ4v) is 2.89. The van der Waals surface area contributed by atoms with Crippen LogP contribution in [-0.2, 0) is 20.0 Å². The van der Waals surface area contributed by atoms with Gasteiger partial charge in [-0.2, -0.15) is 13.9 Å². The molecule has 160 valence electrons. The lowest BCUT2D eigenvalue weighted by Crippen LogP contribution is -2.27. The van der Waals surface area contributed by atoms with Crippen LogP contribution in [-0.4, -0.2) is 22.3 Å². The number of amides is 1. The van der Waals surface area contributed by atoms with Crippen LogP contribution in [0.1, 0.15) is 49.4 Å². The summed E-state index contributed by atoms with van der Waals surface area (Å²) in [5, 5.41) is 6.36. The highest BCUT2D eigenvalue weighted by molar-refractivity contribution is 6.34. The van der Waals surface area contributed by atoms with E-state index in [0.29, 0.717) is 12.1 Å². The highest BCUT2D eigenvalue weighted by atomic mass is 35.5. The molecule has 1 heterocycles. The lowest BCUT2D eigenvalue weighted by Gasteiger charge is -2.20. The Bertz CT molecular complexity index is 910. The van der Waals surface area contributed by atoms with Crippen LogP contribution in [0, 0.1) is 28.7 Å². The Morgan fingerprint density at radius 3 is 2.14 bits per heavy atom. The summed E-state index contributed by atoms with van der Waals surface area (Å²) >= 11 is 6.08. The van der Waals surface area contributed by atoms with Gasteiger partial charge in [-0.15, -0.1) is 0 Å². The van der Waals surface area contributed by atoms with Gasteiger partial charge in [0.15, 0.2) is 17.4 Å². The second-order valence-corrected chi connectivity index (χ2v) is 8.06. The molecule has 0 radical (unpaired) electrons. The number of hydrogen-bond acceptors (Lipinski definition) is 3. The molecule has 0 aliphatic rings. The molecular formula is C19H22ClF4N3O2. The average molecular weight is 436 g/mol. The largest absolute Gasteiger partial charge is 0.487 e. The Balaban J connectivity index is 2.28. The Hall–Kier alpha value is -2.29. The average Bonchev–Trinajstić information content (AvgIpc) is 2.92. The van der Waals surface area contributed by atoms with Crippen molar-refractivity contribution in [2.24, 2.45) is 12.5 Å². The van der Waals surface area contributed by atoms with Gasteiger partial charge in [0.25, 0.3) is 5.91 Å². The molecule has 2 rings (SSSR count). The molecule has 0 spiro atoms. The molecule has 0 fully saturated rings. The molecule has 0 aliphatic heterocycles. The SMILES string of the molecule is CCc1nn(C)c(C(=O)NCc2c(F)c(F)c(OCC(C)(C)C)c(F)c2F)c1Cl. The van der Waals surface area contributed by atoms with E-state index in [9.17, 15) is 22.4 Å². The Labute approximate surface area is 171 Å². The summed E-state index contributed by atoms with van der Waals surface area (Å²) < 4.78 is 63.3. The Kier molecular flexibility index (Phi) is 6.82. The van der Waals surface area contributed by atoms with Crippen molar-refractivity contribution in [2.75, 3.05) is 6.61 Å². The molecular weight excluding hydrogens is 414 g/mol.